The molecule has 2 saturated carbocycles. The number of carbonyl (C=O) groups is 2. The lowest BCUT2D eigenvalue weighted by Gasteiger charge is -2.36. The molecule has 134 valence electrons. The van der Waals surface area contributed by atoms with Gasteiger partial charge in [-0.25, -0.2) is 0 Å². The fourth-order valence-electron chi connectivity index (χ4n) is 4.59. The maximum absolute atomic E-state index is 12.9. The summed E-state index contributed by atoms with van der Waals surface area (Å²) in [6.07, 6.45) is 6.74. The van der Waals surface area contributed by atoms with Crippen molar-refractivity contribution in [3.8, 4) is 0 Å². The van der Waals surface area contributed by atoms with E-state index in [9.17, 15) is 9.59 Å². The van der Waals surface area contributed by atoms with Crippen LogP contribution in [0.4, 0.5) is 0 Å². The zero-order chi connectivity index (χ0) is 17.5. The Kier molecular flexibility index (Phi) is 4.76. The molecule has 0 spiro atoms. The van der Waals surface area contributed by atoms with Gasteiger partial charge in [-0.1, -0.05) is 38.3 Å². The van der Waals surface area contributed by atoms with Crippen molar-refractivity contribution in [2.75, 3.05) is 26.2 Å². The molecule has 2 aliphatic carbocycles. The van der Waals surface area contributed by atoms with Crippen LogP contribution in [-0.2, 0) is 9.59 Å². The molecule has 4 heteroatoms. The summed E-state index contributed by atoms with van der Waals surface area (Å²) in [5.41, 5.74) is 1.36. The van der Waals surface area contributed by atoms with Gasteiger partial charge in [0.2, 0.25) is 11.8 Å². The minimum atomic E-state index is 0.0746. The Bertz CT molecular complexity index is 534. The number of hydrogen-bond donors (Lipinski definition) is 0. The molecule has 1 aliphatic heterocycles. The van der Waals surface area contributed by atoms with Gasteiger partial charge in [0.25, 0.3) is 0 Å². The summed E-state index contributed by atoms with van der Waals surface area (Å²) in [6, 6.07) is 0. The minimum Gasteiger partial charge on any atom is -0.339 e. The highest BCUT2D eigenvalue weighted by Gasteiger charge is 2.61. The van der Waals surface area contributed by atoms with Gasteiger partial charge in [-0.2, -0.15) is 0 Å². The van der Waals surface area contributed by atoms with Crippen molar-refractivity contribution in [1.82, 2.24) is 9.80 Å². The molecule has 1 heterocycles. The van der Waals surface area contributed by atoms with Crippen molar-refractivity contribution in [3.05, 3.63) is 11.6 Å². The van der Waals surface area contributed by atoms with Crippen LogP contribution in [0.25, 0.3) is 0 Å². The van der Waals surface area contributed by atoms with Crippen LogP contribution in [-0.4, -0.2) is 47.8 Å². The van der Waals surface area contributed by atoms with E-state index in [4.69, 9.17) is 0 Å². The second-order valence-corrected chi connectivity index (χ2v) is 8.70. The van der Waals surface area contributed by atoms with Gasteiger partial charge in [0.05, 0.1) is 5.92 Å². The summed E-state index contributed by atoms with van der Waals surface area (Å²) in [5.74, 6) is 1.35. The van der Waals surface area contributed by atoms with E-state index in [1.54, 1.807) is 0 Å². The molecular formula is C20H32N2O2. The topological polar surface area (TPSA) is 40.6 Å². The summed E-state index contributed by atoms with van der Waals surface area (Å²) in [4.78, 5) is 29.4. The Hall–Kier alpha value is -1.32. The lowest BCUT2D eigenvalue weighted by molar-refractivity contribution is -0.143. The van der Waals surface area contributed by atoms with Crippen LogP contribution in [0.1, 0.15) is 53.4 Å². The molecule has 0 bridgehead atoms. The third kappa shape index (κ3) is 3.25. The fourth-order valence-corrected chi connectivity index (χ4v) is 4.59. The molecule has 3 aliphatic rings. The molecule has 24 heavy (non-hydrogen) atoms. The van der Waals surface area contributed by atoms with E-state index < -0.39 is 0 Å². The fraction of sp³-hybridized carbons (Fsp3) is 0.800. The largest absolute Gasteiger partial charge is 0.339 e. The van der Waals surface area contributed by atoms with Crippen molar-refractivity contribution < 1.29 is 9.59 Å². The number of hydrogen-bond acceptors (Lipinski definition) is 2. The van der Waals surface area contributed by atoms with E-state index >= 15 is 0 Å². The van der Waals surface area contributed by atoms with Gasteiger partial charge in [0.15, 0.2) is 0 Å². The van der Waals surface area contributed by atoms with Crippen molar-refractivity contribution >= 4 is 11.8 Å². The summed E-state index contributed by atoms with van der Waals surface area (Å²) >= 11 is 0. The predicted molar refractivity (Wildman–Crippen MR) is 95.3 cm³/mol. The molecule has 1 saturated heterocycles. The molecular weight excluding hydrogens is 300 g/mol. The van der Waals surface area contributed by atoms with Crippen LogP contribution in [0.15, 0.2) is 11.6 Å². The number of rotatable bonds is 3. The van der Waals surface area contributed by atoms with E-state index in [-0.39, 0.29) is 23.2 Å². The van der Waals surface area contributed by atoms with Crippen molar-refractivity contribution in [3.63, 3.8) is 0 Å². The third-order valence-corrected chi connectivity index (χ3v) is 6.30. The average molecular weight is 332 g/mol. The summed E-state index contributed by atoms with van der Waals surface area (Å²) < 4.78 is 0. The molecule has 0 radical (unpaired) electrons. The van der Waals surface area contributed by atoms with E-state index in [1.165, 1.54) is 18.4 Å². The second kappa shape index (κ2) is 6.53. The summed E-state index contributed by atoms with van der Waals surface area (Å²) in [7, 11) is 0. The Balaban J connectivity index is 1.54. The van der Waals surface area contributed by atoms with Gasteiger partial charge >= 0.3 is 0 Å². The van der Waals surface area contributed by atoms with Gasteiger partial charge < -0.3 is 9.80 Å². The lowest BCUT2D eigenvalue weighted by atomic mass is 10.1. The first kappa shape index (κ1) is 17.5. The first-order valence-electron chi connectivity index (χ1n) is 9.55. The molecule has 2 atom stereocenters. The van der Waals surface area contributed by atoms with Gasteiger partial charge in [-0.05, 0) is 38.0 Å². The van der Waals surface area contributed by atoms with Crippen LogP contribution < -0.4 is 0 Å². The molecule has 3 fully saturated rings. The first-order valence-corrected chi connectivity index (χ1v) is 9.55. The Morgan fingerprint density at radius 2 is 1.42 bits per heavy atom. The van der Waals surface area contributed by atoms with E-state index in [2.05, 4.69) is 33.8 Å². The maximum atomic E-state index is 12.9. The van der Waals surface area contributed by atoms with Crippen LogP contribution >= 0.6 is 0 Å². The number of allylic oxidation sites excluding steroid dienone is 2. The van der Waals surface area contributed by atoms with Crippen LogP contribution in [0.3, 0.4) is 0 Å². The van der Waals surface area contributed by atoms with E-state index in [0.717, 1.165) is 12.8 Å². The Morgan fingerprint density at radius 3 is 1.92 bits per heavy atom. The highest BCUT2D eigenvalue weighted by molar-refractivity contribution is 5.84. The average Bonchev–Trinajstić information content (AvgIpc) is 2.94. The molecule has 2 unspecified atom stereocenters. The van der Waals surface area contributed by atoms with Crippen molar-refractivity contribution in [2.45, 2.75) is 53.4 Å². The lowest BCUT2D eigenvalue weighted by Crippen LogP contribution is -2.52. The molecule has 0 aromatic carbocycles. The number of piperazine rings is 1. The van der Waals surface area contributed by atoms with Crippen molar-refractivity contribution in [2.24, 2.45) is 23.2 Å². The zero-order valence-corrected chi connectivity index (χ0v) is 15.7. The predicted octanol–water partition coefficient (Wildman–Crippen LogP) is 3.09. The number of amides is 2. The van der Waals surface area contributed by atoms with Gasteiger partial charge in [-0.15, -0.1) is 0 Å². The van der Waals surface area contributed by atoms with Gasteiger partial charge in [0, 0.05) is 32.1 Å². The number of nitrogens with zero attached hydrogens (tertiary/aromatic N) is 2. The Morgan fingerprint density at radius 1 is 0.917 bits per heavy atom. The van der Waals surface area contributed by atoms with Crippen LogP contribution in [0, 0.1) is 23.2 Å². The quantitative estimate of drug-likeness (QED) is 0.745. The molecule has 3 rings (SSSR count). The third-order valence-electron chi connectivity index (χ3n) is 6.30. The second-order valence-electron chi connectivity index (χ2n) is 8.70. The van der Waals surface area contributed by atoms with E-state index in [1.807, 2.05) is 9.80 Å². The molecule has 4 nitrogen and oxygen atoms in total. The SMILES string of the molecule is CC(C)=CC1C(C(=O)N2CCN(C(=O)C3CCCC3)CC2)C1(C)C. The summed E-state index contributed by atoms with van der Waals surface area (Å²) in [6.45, 7) is 11.4. The standard InChI is InChI=1S/C20H32N2O2/c1-14(2)13-16-17(20(16,3)4)19(24)22-11-9-21(10-12-22)18(23)15-7-5-6-8-15/h13,15-17H,5-12H2,1-4H3. The van der Waals surface area contributed by atoms with Crippen molar-refractivity contribution in [1.29, 1.82) is 0 Å². The number of carbonyl (C=O) groups excluding carboxylic acids is 2. The monoisotopic (exact) mass is 332 g/mol. The Labute approximate surface area is 146 Å². The van der Waals surface area contributed by atoms with Crippen LogP contribution in [0.2, 0.25) is 0 Å². The smallest absolute Gasteiger partial charge is 0.226 e. The zero-order valence-electron chi connectivity index (χ0n) is 15.7. The van der Waals surface area contributed by atoms with Gasteiger partial charge in [0.1, 0.15) is 0 Å². The highest BCUT2D eigenvalue weighted by atomic mass is 16.2. The van der Waals surface area contributed by atoms with E-state index in [0.29, 0.717) is 38.0 Å². The maximum Gasteiger partial charge on any atom is 0.226 e. The van der Waals surface area contributed by atoms with Gasteiger partial charge in [-0.3, -0.25) is 9.59 Å². The molecule has 0 aromatic heterocycles. The first-order chi connectivity index (χ1) is 11.3. The normalized spacial score (nSPS) is 29.5. The molecule has 2 amide bonds. The minimum absolute atomic E-state index is 0.0746. The van der Waals surface area contributed by atoms with Crippen LogP contribution in [0.5, 0.6) is 0 Å². The summed E-state index contributed by atoms with van der Waals surface area (Å²) in [5, 5.41) is 0. The molecule has 0 N–H and O–H groups in total. The molecule has 0 aromatic rings. The highest BCUT2D eigenvalue weighted by Crippen LogP contribution is 2.60.